The first-order chi connectivity index (χ1) is 16.9. The lowest BCUT2D eigenvalue weighted by Gasteiger charge is -2.16. The van der Waals surface area contributed by atoms with Gasteiger partial charge in [0.15, 0.2) is 0 Å². The fourth-order valence-corrected chi connectivity index (χ4v) is 4.45. The van der Waals surface area contributed by atoms with Gasteiger partial charge in [-0.2, -0.15) is 0 Å². The average Bonchev–Trinajstić information content (AvgIpc) is 3.10. The third-order valence-electron chi connectivity index (χ3n) is 5.28. The summed E-state index contributed by atoms with van der Waals surface area (Å²) >= 11 is 1.22. The van der Waals surface area contributed by atoms with E-state index in [2.05, 4.69) is 5.32 Å². The van der Waals surface area contributed by atoms with Crippen LogP contribution in [0.25, 0.3) is 0 Å². The molecule has 0 saturated carbocycles. The van der Waals surface area contributed by atoms with Gasteiger partial charge in [-0.15, -0.1) is 0 Å². The first-order valence-corrected chi connectivity index (χ1v) is 11.8. The summed E-state index contributed by atoms with van der Waals surface area (Å²) in [5.41, 5.74) is 2.50. The Bertz CT molecular complexity index is 1300. The fraction of sp³-hybridized carbons (Fsp3) is 0.148. The highest BCUT2D eigenvalue weighted by Crippen LogP contribution is 2.39. The van der Waals surface area contributed by atoms with Crippen LogP contribution in [0.3, 0.4) is 0 Å². The number of carbonyl (C=O) groups excluding carboxylic acids is 3. The van der Waals surface area contributed by atoms with Gasteiger partial charge in [-0.25, -0.2) is 9.69 Å². The molecule has 0 aromatic heterocycles. The molecule has 0 bridgehead atoms. The number of esters is 1. The first-order valence-electron chi connectivity index (χ1n) is 11.0. The van der Waals surface area contributed by atoms with E-state index < -0.39 is 17.8 Å². The van der Waals surface area contributed by atoms with Crippen LogP contribution in [0.5, 0.6) is 5.75 Å². The molecule has 0 atom stereocenters. The number of amides is 2. The summed E-state index contributed by atoms with van der Waals surface area (Å²) in [5, 5.41) is 3.14. The van der Waals surface area contributed by atoms with Gasteiger partial charge in [-0.1, -0.05) is 41.6 Å². The van der Waals surface area contributed by atoms with Crippen molar-refractivity contribution >= 4 is 40.9 Å². The predicted molar refractivity (Wildman–Crippen MR) is 136 cm³/mol. The molecule has 0 spiro atoms. The summed E-state index contributed by atoms with van der Waals surface area (Å²) in [7, 11) is 1.29. The van der Waals surface area contributed by atoms with Crippen LogP contribution < -0.4 is 15.0 Å². The van der Waals surface area contributed by atoms with Crippen LogP contribution in [0.2, 0.25) is 0 Å². The van der Waals surface area contributed by atoms with Crippen molar-refractivity contribution in [3.05, 3.63) is 94.5 Å². The molecule has 178 valence electrons. The van der Waals surface area contributed by atoms with E-state index in [-0.39, 0.29) is 10.6 Å². The standard InChI is InChI=1S/C27H24N2O5S/c1-4-34-22-8-6-5-7-21(22)28-23-24(35-20-15-9-17(2)10-16-20)26(31)29(25(23)30)19-13-11-18(12-14-19)27(32)33-3/h5-16,28H,4H2,1-3H3. The topological polar surface area (TPSA) is 84.9 Å². The van der Waals surface area contributed by atoms with Gasteiger partial charge in [0, 0.05) is 4.90 Å². The van der Waals surface area contributed by atoms with E-state index in [9.17, 15) is 14.4 Å². The SMILES string of the molecule is CCOc1ccccc1NC1=C(Sc2ccc(C)cc2)C(=O)N(c2ccc(C(=O)OC)cc2)C1=O. The minimum absolute atomic E-state index is 0.157. The van der Waals surface area contributed by atoms with Crippen molar-refractivity contribution < 1.29 is 23.9 Å². The molecule has 2 amide bonds. The average molecular weight is 489 g/mol. The summed E-state index contributed by atoms with van der Waals surface area (Å²) in [4.78, 5) is 41.1. The highest BCUT2D eigenvalue weighted by Gasteiger charge is 2.40. The molecule has 3 aromatic rings. The van der Waals surface area contributed by atoms with Gasteiger partial charge in [-0.3, -0.25) is 9.59 Å². The third kappa shape index (κ3) is 5.07. The number of rotatable bonds is 8. The quantitative estimate of drug-likeness (QED) is 0.346. The lowest BCUT2D eigenvalue weighted by atomic mass is 10.2. The summed E-state index contributed by atoms with van der Waals surface area (Å²) < 4.78 is 10.4. The Morgan fingerprint density at radius 3 is 2.29 bits per heavy atom. The first kappa shape index (κ1) is 24.1. The molecule has 4 rings (SSSR count). The molecule has 8 heteroatoms. The van der Waals surface area contributed by atoms with Crippen LogP contribution in [-0.4, -0.2) is 31.5 Å². The van der Waals surface area contributed by atoms with E-state index in [0.29, 0.717) is 29.3 Å². The van der Waals surface area contributed by atoms with Crippen LogP contribution in [-0.2, 0) is 14.3 Å². The number of anilines is 2. The van der Waals surface area contributed by atoms with E-state index in [1.165, 1.54) is 31.0 Å². The smallest absolute Gasteiger partial charge is 0.337 e. The van der Waals surface area contributed by atoms with Crippen LogP contribution in [0, 0.1) is 6.92 Å². The Kier molecular flexibility index (Phi) is 7.22. The second-order valence-electron chi connectivity index (χ2n) is 7.66. The van der Waals surface area contributed by atoms with Gasteiger partial charge in [0.1, 0.15) is 16.4 Å². The molecular formula is C27H24N2O5S. The van der Waals surface area contributed by atoms with Gasteiger partial charge in [0.05, 0.1) is 30.7 Å². The van der Waals surface area contributed by atoms with Crippen molar-refractivity contribution in [2.24, 2.45) is 0 Å². The van der Waals surface area contributed by atoms with Crippen LogP contribution >= 0.6 is 11.8 Å². The van der Waals surface area contributed by atoms with Crippen molar-refractivity contribution in [2.45, 2.75) is 18.7 Å². The Hall–Kier alpha value is -4.04. The molecule has 7 nitrogen and oxygen atoms in total. The van der Waals surface area contributed by atoms with Crippen molar-refractivity contribution in [1.82, 2.24) is 0 Å². The van der Waals surface area contributed by atoms with Crippen molar-refractivity contribution in [2.75, 3.05) is 23.9 Å². The predicted octanol–water partition coefficient (Wildman–Crippen LogP) is 5.17. The maximum Gasteiger partial charge on any atom is 0.337 e. The molecule has 1 aliphatic heterocycles. The molecule has 0 fully saturated rings. The number of nitrogens with one attached hydrogen (secondary N) is 1. The van der Waals surface area contributed by atoms with Gasteiger partial charge in [0.25, 0.3) is 11.8 Å². The number of para-hydroxylation sites is 2. The molecule has 0 aliphatic carbocycles. The fourth-order valence-electron chi connectivity index (χ4n) is 3.52. The highest BCUT2D eigenvalue weighted by atomic mass is 32.2. The summed E-state index contributed by atoms with van der Waals surface area (Å²) in [5.74, 6) is -0.882. The van der Waals surface area contributed by atoms with Gasteiger partial charge < -0.3 is 14.8 Å². The van der Waals surface area contributed by atoms with Crippen LogP contribution in [0.1, 0.15) is 22.8 Å². The molecule has 35 heavy (non-hydrogen) atoms. The monoisotopic (exact) mass is 488 g/mol. The number of hydrogen-bond acceptors (Lipinski definition) is 7. The van der Waals surface area contributed by atoms with Gasteiger partial charge in [0.2, 0.25) is 0 Å². The van der Waals surface area contributed by atoms with E-state index in [0.717, 1.165) is 15.4 Å². The largest absolute Gasteiger partial charge is 0.492 e. The lowest BCUT2D eigenvalue weighted by Crippen LogP contribution is -2.32. The summed E-state index contributed by atoms with van der Waals surface area (Å²) in [6, 6.07) is 21.1. The Morgan fingerprint density at radius 2 is 1.63 bits per heavy atom. The zero-order valence-electron chi connectivity index (χ0n) is 19.5. The van der Waals surface area contributed by atoms with Gasteiger partial charge in [-0.05, 0) is 62.4 Å². The van der Waals surface area contributed by atoms with E-state index in [1.54, 1.807) is 24.3 Å². The second-order valence-corrected chi connectivity index (χ2v) is 8.74. The Morgan fingerprint density at radius 1 is 0.943 bits per heavy atom. The molecule has 0 unspecified atom stereocenters. The summed E-state index contributed by atoms with van der Waals surface area (Å²) in [6.45, 7) is 4.31. The van der Waals surface area contributed by atoms with Crippen LogP contribution in [0.4, 0.5) is 11.4 Å². The minimum atomic E-state index is -0.501. The molecule has 3 aromatic carbocycles. The zero-order valence-corrected chi connectivity index (χ0v) is 20.3. The molecule has 0 saturated heterocycles. The number of thioether (sulfide) groups is 1. The van der Waals surface area contributed by atoms with Gasteiger partial charge >= 0.3 is 5.97 Å². The van der Waals surface area contributed by atoms with Crippen molar-refractivity contribution in [3.63, 3.8) is 0 Å². The molecule has 1 aliphatic rings. The van der Waals surface area contributed by atoms with E-state index in [1.807, 2.05) is 50.2 Å². The number of ether oxygens (including phenoxy) is 2. The minimum Gasteiger partial charge on any atom is -0.492 e. The van der Waals surface area contributed by atoms with Crippen molar-refractivity contribution in [1.29, 1.82) is 0 Å². The van der Waals surface area contributed by atoms with Crippen LogP contribution in [0.15, 0.2) is 88.3 Å². The van der Waals surface area contributed by atoms with E-state index in [4.69, 9.17) is 9.47 Å². The number of hydrogen-bond donors (Lipinski definition) is 1. The number of aryl methyl sites for hydroxylation is 1. The summed E-state index contributed by atoms with van der Waals surface area (Å²) in [6.07, 6.45) is 0. The second kappa shape index (κ2) is 10.5. The molecular weight excluding hydrogens is 464 g/mol. The number of carbonyl (C=O) groups is 3. The lowest BCUT2D eigenvalue weighted by molar-refractivity contribution is -0.120. The maximum atomic E-state index is 13.6. The number of benzene rings is 3. The van der Waals surface area contributed by atoms with Crippen molar-refractivity contribution in [3.8, 4) is 5.75 Å². The molecule has 1 heterocycles. The Balaban J connectivity index is 1.73. The Labute approximate surface area is 207 Å². The number of imide groups is 1. The zero-order chi connectivity index (χ0) is 24.9. The number of nitrogens with zero attached hydrogens (tertiary/aromatic N) is 1. The molecule has 1 N–H and O–H groups in total. The third-order valence-corrected chi connectivity index (χ3v) is 6.37. The normalized spacial score (nSPS) is 13.3. The number of methoxy groups -OCH3 is 1. The van der Waals surface area contributed by atoms with E-state index >= 15 is 0 Å². The maximum absolute atomic E-state index is 13.6. The molecule has 0 radical (unpaired) electrons. The highest BCUT2D eigenvalue weighted by molar-refractivity contribution is 8.04.